The lowest BCUT2D eigenvalue weighted by molar-refractivity contribution is -0.148. The molecule has 4 atom stereocenters. The minimum atomic E-state index is -1.13. The van der Waals surface area contributed by atoms with Crippen LogP contribution in [0.1, 0.15) is 31.9 Å². The minimum absolute atomic E-state index is 0.0688. The van der Waals surface area contributed by atoms with Gasteiger partial charge < -0.3 is 34.7 Å². The summed E-state index contributed by atoms with van der Waals surface area (Å²) in [7, 11) is 0. The van der Waals surface area contributed by atoms with Gasteiger partial charge in [0.25, 0.3) is 11.8 Å². The molecule has 1 fully saturated rings. The first-order valence-corrected chi connectivity index (χ1v) is 12.8. The third kappa shape index (κ3) is 8.71. The SMILES string of the molecule is CCOC(=O)[C@H](Cc1ccc(O)cc1)NC(=O)[C@H]1O[C@@H]1C(=O)N[C@@H](Cc1ccc(OCC)cc1)C(=O)OCC. The summed E-state index contributed by atoms with van der Waals surface area (Å²) in [4.78, 5) is 50.7. The zero-order chi connectivity index (χ0) is 28.4. The molecule has 0 aromatic heterocycles. The minimum Gasteiger partial charge on any atom is -0.508 e. The van der Waals surface area contributed by atoms with Crippen molar-refractivity contribution in [1.29, 1.82) is 0 Å². The van der Waals surface area contributed by atoms with Gasteiger partial charge in [-0.25, -0.2) is 9.59 Å². The Labute approximate surface area is 226 Å². The Morgan fingerprint density at radius 3 is 1.59 bits per heavy atom. The summed E-state index contributed by atoms with van der Waals surface area (Å²) in [5, 5.41) is 14.7. The predicted molar refractivity (Wildman–Crippen MR) is 139 cm³/mol. The number of carbonyl (C=O) groups is 4. The van der Waals surface area contributed by atoms with Gasteiger partial charge in [0.2, 0.25) is 0 Å². The largest absolute Gasteiger partial charge is 0.508 e. The monoisotopic (exact) mass is 542 g/mol. The van der Waals surface area contributed by atoms with Crippen molar-refractivity contribution < 1.29 is 43.2 Å². The van der Waals surface area contributed by atoms with E-state index in [0.717, 1.165) is 5.56 Å². The second kappa shape index (κ2) is 14.1. The summed E-state index contributed by atoms with van der Waals surface area (Å²) in [6.07, 6.45) is -1.98. The highest BCUT2D eigenvalue weighted by molar-refractivity contribution is 5.97. The molecule has 1 aliphatic rings. The van der Waals surface area contributed by atoms with Crippen molar-refractivity contribution in [2.75, 3.05) is 19.8 Å². The Morgan fingerprint density at radius 1 is 0.744 bits per heavy atom. The fourth-order valence-corrected chi connectivity index (χ4v) is 3.88. The zero-order valence-corrected chi connectivity index (χ0v) is 22.2. The lowest BCUT2D eigenvalue weighted by atomic mass is 10.0. The van der Waals surface area contributed by atoms with Gasteiger partial charge in [-0.1, -0.05) is 24.3 Å². The fourth-order valence-electron chi connectivity index (χ4n) is 3.88. The Balaban J connectivity index is 1.61. The normalized spacial score (nSPS) is 17.3. The first-order chi connectivity index (χ1) is 18.7. The summed E-state index contributed by atoms with van der Waals surface area (Å²) in [5.74, 6) is -1.81. The van der Waals surface area contributed by atoms with Crippen LogP contribution in [-0.2, 0) is 46.2 Å². The number of esters is 2. The van der Waals surface area contributed by atoms with Crippen LogP contribution in [0.15, 0.2) is 48.5 Å². The quantitative estimate of drug-likeness (QED) is 0.238. The van der Waals surface area contributed by atoms with E-state index in [0.29, 0.717) is 17.9 Å². The summed E-state index contributed by atoms with van der Waals surface area (Å²) in [6, 6.07) is 11.3. The molecule has 210 valence electrons. The first kappa shape index (κ1) is 29.4. The van der Waals surface area contributed by atoms with Gasteiger partial charge in [0.15, 0.2) is 12.2 Å². The molecular formula is C28H34N2O9. The van der Waals surface area contributed by atoms with Crippen LogP contribution in [0.3, 0.4) is 0 Å². The molecular weight excluding hydrogens is 508 g/mol. The van der Waals surface area contributed by atoms with Crippen LogP contribution in [0, 0.1) is 0 Å². The lowest BCUT2D eigenvalue weighted by Crippen LogP contribution is -2.48. The van der Waals surface area contributed by atoms with Crippen molar-refractivity contribution in [1.82, 2.24) is 10.6 Å². The highest BCUT2D eigenvalue weighted by Crippen LogP contribution is 2.24. The Bertz CT molecular complexity index is 1130. The van der Waals surface area contributed by atoms with Crippen LogP contribution < -0.4 is 15.4 Å². The smallest absolute Gasteiger partial charge is 0.328 e. The van der Waals surface area contributed by atoms with Crippen molar-refractivity contribution in [2.24, 2.45) is 0 Å². The highest BCUT2D eigenvalue weighted by Gasteiger charge is 2.51. The average Bonchev–Trinajstić information content (AvgIpc) is 3.72. The molecule has 0 saturated carbocycles. The van der Waals surface area contributed by atoms with Gasteiger partial charge in [-0.15, -0.1) is 0 Å². The highest BCUT2D eigenvalue weighted by atomic mass is 16.6. The molecule has 0 radical (unpaired) electrons. The summed E-state index contributed by atoms with van der Waals surface area (Å²) < 4.78 is 20.9. The van der Waals surface area contributed by atoms with E-state index in [1.807, 2.05) is 6.92 Å². The van der Waals surface area contributed by atoms with Gasteiger partial charge in [0.1, 0.15) is 23.6 Å². The van der Waals surface area contributed by atoms with Crippen LogP contribution in [0.2, 0.25) is 0 Å². The zero-order valence-electron chi connectivity index (χ0n) is 22.2. The number of hydrogen-bond acceptors (Lipinski definition) is 9. The third-order valence-corrected chi connectivity index (χ3v) is 5.83. The number of epoxide rings is 1. The Kier molecular flexibility index (Phi) is 10.7. The second-order valence-corrected chi connectivity index (χ2v) is 8.76. The van der Waals surface area contributed by atoms with E-state index in [2.05, 4.69) is 10.6 Å². The fraction of sp³-hybridized carbons (Fsp3) is 0.429. The van der Waals surface area contributed by atoms with Crippen molar-refractivity contribution in [3.8, 4) is 11.5 Å². The molecule has 11 nitrogen and oxygen atoms in total. The molecule has 0 unspecified atom stereocenters. The molecule has 0 spiro atoms. The van der Waals surface area contributed by atoms with Crippen LogP contribution in [-0.4, -0.2) is 73.0 Å². The molecule has 11 heteroatoms. The predicted octanol–water partition coefficient (Wildman–Crippen LogP) is 1.44. The van der Waals surface area contributed by atoms with Gasteiger partial charge in [0.05, 0.1) is 19.8 Å². The van der Waals surface area contributed by atoms with Gasteiger partial charge in [0, 0.05) is 12.8 Å². The van der Waals surface area contributed by atoms with Gasteiger partial charge in [-0.2, -0.15) is 0 Å². The van der Waals surface area contributed by atoms with Crippen LogP contribution in [0.5, 0.6) is 11.5 Å². The van der Waals surface area contributed by atoms with E-state index in [1.54, 1.807) is 50.2 Å². The molecule has 1 aliphatic heterocycles. The molecule has 3 N–H and O–H groups in total. The number of phenolic OH excluding ortho intramolecular Hbond substituents is 1. The summed E-state index contributed by atoms with van der Waals surface area (Å²) in [6.45, 7) is 5.96. The molecule has 1 heterocycles. The van der Waals surface area contributed by atoms with E-state index in [4.69, 9.17) is 18.9 Å². The molecule has 2 amide bonds. The van der Waals surface area contributed by atoms with E-state index in [1.165, 1.54) is 12.1 Å². The molecule has 2 aromatic rings. The number of ether oxygens (including phenoxy) is 4. The van der Waals surface area contributed by atoms with Gasteiger partial charge >= 0.3 is 11.9 Å². The summed E-state index contributed by atoms with van der Waals surface area (Å²) in [5.41, 5.74) is 1.46. The Hall–Kier alpha value is -4.12. The lowest BCUT2D eigenvalue weighted by Gasteiger charge is -2.18. The molecule has 0 bridgehead atoms. The number of rotatable bonds is 14. The molecule has 2 aromatic carbocycles. The van der Waals surface area contributed by atoms with E-state index in [9.17, 15) is 24.3 Å². The molecule has 39 heavy (non-hydrogen) atoms. The number of carbonyl (C=O) groups excluding carboxylic acids is 4. The molecule has 1 saturated heterocycles. The van der Waals surface area contributed by atoms with E-state index in [-0.39, 0.29) is 31.8 Å². The number of aromatic hydroxyl groups is 1. The summed E-state index contributed by atoms with van der Waals surface area (Å²) >= 11 is 0. The third-order valence-electron chi connectivity index (χ3n) is 5.83. The van der Waals surface area contributed by atoms with E-state index < -0.39 is 48.0 Å². The first-order valence-electron chi connectivity index (χ1n) is 12.8. The van der Waals surface area contributed by atoms with E-state index >= 15 is 0 Å². The van der Waals surface area contributed by atoms with Crippen molar-refractivity contribution >= 4 is 23.8 Å². The molecule has 0 aliphatic carbocycles. The topological polar surface area (TPSA) is 153 Å². The maximum Gasteiger partial charge on any atom is 0.328 e. The molecule has 3 rings (SSSR count). The number of benzene rings is 2. The number of phenols is 1. The maximum atomic E-state index is 12.9. The van der Waals surface area contributed by atoms with Crippen molar-refractivity contribution in [3.05, 3.63) is 59.7 Å². The number of nitrogens with one attached hydrogen (secondary N) is 2. The van der Waals surface area contributed by atoms with Crippen molar-refractivity contribution in [2.45, 2.75) is 57.9 Å². The standard InChI is InChI=1S/C28H34N2O9/c1-4-36-20-13-9-18(10-14-20)16-22(28(35)38-6-3)30-26(33)24-23(39-24)25(32)29-21(27(34)37-5-2)15-17-7-11-19(31)12-8-17/h7-14,21-24,31H,4-6,15-16H2,1-3H3,(H,29,32)(H,30,33)/t21-,22-,23-,24-/m0/s1. The van der Waals surface area contributed by atoms with Gasteiger partial charge in [-0.3, -0.25) is 9.59 Å². The maximum absolute atomic E-state index is 12.9. The number of hydrogen-bond donors (Lipinski definition) is 3. The number of amides is 2. The van der Waals surface area contributed by atoms with Crippen LogP contribution in [0.4, 0.5) is 0 Å². The van der Waals surface area contributed by atoms with Crippen molar-refractivity contribution in [3.63, 3.8) is 0 Å². The average molecular weight is 543 g/mol. The van der Waals surface area contributed by atoms with Gasteiger partial charge in [-0.05, 0) is 56.2 Å². The second-order valence-electron chi connectivity index (χ2n) is 8.76. The van der Waals surface area contributed by atoms with Crippen LogP contribution in [0.25, 0.3) is 0 Å². The van der Waals surface area contributed by atoms with Crippen LogP contribution >= 0.6 is 0 Å². The Morgan fingerprint density at radius 2 is 1.18 bits per heavy atom.